The first-order chi connectivity index (χ1) is 9.90. The van der Waals surface area contributed by atoms with Crippen LogP contribution in [0.5, 0.6) is 5.75 Å². The summed E-state index contributed by atoms with van der Waals surface area (Å²) in [6.45, 7) is 3.01. The zero-order valence-electron chi connectivity index (χ0n) is 11.5. The Morgan fingerprint density at radius 3 is 2.25 bits per heavy atom. The molecule has 0 aromatic heterocycles. The van der Waals surface area contributed by atoms with E-state index in [0.29, 0.717) is 0 Å². The molecule has 0 spiro atoms. The first-order valence-electron chi connectivity index (χ1n) is 7.08. The predicted molar refractivity (Wildman–Crippen MR) is 81.5 cm³/mol. The van der Waals surface area contributed by atoms with Gasteiger partial charge in [-0.25, -0.2) is 0 Å². The van der Waals surface area contributed by atoms with E-state index >= 15 is 0 Å². The van der Waals surface area contributed by atoms with Gasteiger partial charge < -0.3 is 4.74 Å². The Balaban J connectivity index is 1.55. The molecule has 0 N–H and O–H groups in total. The fraction of sp³-hybridized carbons (Fsp3) is 0.222. The van der Waals surface area contributed by atoms with Crippen molar-refractivity contribution in [3.05, 3.63) is 78.1 Å². The molecule has 2 nitrogen and oxygen atoms in total. The Bertz CT molecular complexity index is 562. The molecular weight excluding hydrogens is 246 g/mol. The molecule has 0 bridgehead atoms. The van der Waals surface area contributed by atoms with E-state index in [-0.39, 0.29) is 0 Å². The van der Waals surface area contributed by atoms with Crippen LogP contribution in [0.15, 0.2) is 72.5 Å². The summed E-state index contributed by atoms with van der Waals surface area (Å²) in [7, 11) is 0. The van der Waals surface area contributed by atoms with E-state index in [1.165, 1.54) is 5.56 Å². The number of hydrogen-bond acceptors (Lipinski definition) is 2. The molecule has 2 aromatic rings. The van der Waals surface area contributed by atoms with Gasteiger partial charge in [-0.1, -0.05) is 48.5 Å². The zero-order valence-corrected chi connectivity index (χ0v) is 11.5. The van der Waals surface area contributed by atoms with Gasteiger partial charge in [0.15, 0.2) is 0 Å². The zero-order chi connectivity index (χ0) is 13.6. The monoisotopic (exact) mass is 265 g/mol. The molecule has 1 heterocycles. The van der Waals surface area contributed by atoms with Crippen LogP contribution < -0.4 is 4.74 Å². The summed E-state index contributed by atoms with van der Waals surface area (Å²) in [5.74, 6) is 2.01. The van der Waals surface area contributed by atoms with Crippen LogP contribution in [0.4, 0.5) is 0 Å². The fourth-order valence-corrected chi connectivity index (χ4v) is 2.41. The van der Waals surface area contributed by atoms with Crippen molar-refractivity contribution in [3.63, 3.8) is 0 Å². The third-order valence-electron chi connectivity index (χ3n) is 3.49. The molecule has 20 heavy (non-hydrogen) atoms. The summed E-state index contributed by atoms with van der Waals surface area (Å²) in [6, 6.07) is 20.6. The summed E-state index contributed by atoms with van der Waals surface area (Å²) >= 11 is 0. The highest BCUT2D eigenvalue weighted by molar-refractivity contribution is 5.24. The summed E-state index contributed by atoms with van der Waals surface area (Å²) in [5.41, 5.74) is 1.37. The minimum atomic E-state index is 0.926. The number of nitrogens with zero attached hydrogens (tertiary/aromatic N) is 1. The largest absolute Gasteiger partial charge is 0.462 e. The Labute approximate surface area is 120 Å². The number of hydrogen-bond donors (Lipinski definition) is 0. The molecule has 0 fully saturated rings. The lowest BCUT2D eigenvalue weighted by Crippen LogP contribution is -2.29. The molecule has 0 amide bonds. The van der Waals surface area contributed by atoms with E-state index in [2.05, 4.69) is 41.3 Å². The molecule has 0 radical (unpaired) electrons. The van der Waals surface area contributed by atoms with E-state index in [1.807, 2.05) is 30.3 Å². The molecular formula is C18H19NO. The van der Waals surface area contributed by atoms with E-state index < -0.39 is 0 Å². The Kier molecular flexibility index (Phi) is 4.14. The van der Waals surface area contributed by atoms with Gasteiger partial charge in [0.2, 0.25) is 0 Å². The lowest BCUT2D eigenvalue weighted by molar-refractivity contribution is 0.254. The van der Waals surface area contributed by atoms with Crippen LogP contribution in [-0.4, -0.2) is 18.0 Å². The minimum absolute atomic E-state index is 0.926. The summed E-state index contributed by atoms with van der Waals surface area (Å²) in [6.07, 6.45) is 3.17. The van der Waals surface area contributed by atoms with Crippen LogP contribution in [0.1, 0.15) is 12.0 Å². The number of benzene rings is 2. The third kappa shape index (κ3) is 3.49. The second-order valence-electron chi connectivity index (χ2n) is 5.06. The van der Waals surface area contributed by atoms with Gasteiger partial charge >= 0.3 is 0 Å². The van der Waals surface area contributed by atoms with Crippen molar-refractivity contribution in [2.45, 2.75) is 13.0 Å². The average Bonchev–Trinajstić information content (AvgIpc) is 2.51. The van der Waals surface area contributed by atoms with Gasteiger partial charge in [-0.2, -0.15) is 0 Å². The standard InChI is InChI=1S/C18H19NO/c1-3-7-16(8-4-1)15-19-13-11-18(12-14-19)20-17-9-5-2-6-10-17/h1-11H,12-15H2. The molecule has 0 saturated heterocycles. The highest BCUT2D eigenvalue weighted by atomic mass is 16.5. The highest BCUT2D eigenvalue weighted by Gasteiger charge is 2.13. The Hall–Kier alpha value is -2.06. The first kappa shape index (κ1) is 12.9. The van der Waals surface area contributed by atoms with Crippen molar-refractivity contribution in [3.8, 4) is 5.75 Å². The molecule has 0 unspecified atom stereocenters. The van der Waals surface area contributed by atoms with Crippen LogP contribution in [0.2, 0.25) is 0 Å². The molecule has 0 aliphatic carbocycles. The van der Waals surface area contributed by atoms with E-state index in [0.717, 1.165) is 37.6 Å². The minimum Gasteiger partial charge on any atom is -0.462 e. The van der Waals surface area contributed by atoms with Crippen LogP contribution >= 0.6 is 0 Å². The van der Waals surface area contributed by atoms with Crippen molar-refractivity contribution in [2.75, 3.05) is 13.1 Å². The topological polar surface area (TPSA) is 12.5 Å². The van der Waals surface area contributed by atoms with Gasteiger partial charge in [-0.05, 0) is 23.8 Å². The average molecular weight is 265 g/mol. The first-order valence-corrected chi connectivity index (χ1v) is 7.08. The molecule has 102 valence electrons. The van der Waals surface area contributed by atoms with Crippen molar-refractivity contribution in [2.24, 2.45) is 0 Å². The van der Waals surface area contributed by atoms with Crippen molar-refractivity contribution < 1.29 is 4.74 Å². The van der Waals surface area contributed by atoms with Gasteiger partial charge in [-0.15, -0.1) is 0 Å². The van der Waals surface area contributed by atoms with E-state index in [1.54, 1.807) is 0 Å². The van der Waals surface area contributed by atoms with Crippen LogP contribution in [0.3, 0.4) is 0 Å². The lowest BCUT2D eigenvalue weighted by atomic mass is 10.1. The van der Waals surface area contributed by atoms with Gasteiger partial charge in [0.1, 0.15) is 11.5 Å². The van der Waals surface area contributed by atoms with Crippen molar-refractivity contribution >= 4 is 0 Å². The Morgan fingerprint density at radius 1 is 0.900 bits per heavy atom. The quantitative estimate of drug-likeness (QED) is 0.832. The molecule has 0 saturated carbocycles. The van der Waals surface area contributed by atoms with Crippen molar-refractivity contribution in [1.82, 2.24) is 4.90 Å². The predicted octanol–water partition coefficient (Wildman–Crippen LogP) is 3.86. The third-order valence-corrected chi connectivity index (χ3v) is 3.49. The smallest absolute Gasteiger partial charge is 0.126 e. The second-order valence-corrected chi connectivity index (χ2v) is 5.06. The highest BCUT2D eigenvalue weighted by Crippen LogP contribution is 2.18. The number of para-hydroxylation sites is 1. The molecule has 1 aliphatic rings. The van der Waals surface area contributed by atoms with Crippen LogP contribution in [0.25, 0.3) is 0 Å². The van der Waals surface area contributed by atoms with Gasteiger partial charge in [0, 0.05) is 26.1 Å². The summed E-state index contributed by atoms with van der Waals surface area (Å²) < 4.78 is 5.89. The van der Waals surface area contributed by atoms with Crippen molar-refractivity contribution in [1.29, 1.82) is 0 Å². The maximum atomic E-state index is 5.89. The fourth-order valence-electron chi connectivity index (χ4n) is 2.41. The maximum Gasteiger partial charge on any atom is 0.126 e. The normalized spacial score (nSPS) is 15.7. The molecule has 0 atom stereocenters. The Morgan fingerprint density at radius 2 is 1.60 bits per heavy atom. The number of ether oxygens (including phenoxy) is 1. The van der Waals surface area contributed by atoms with E-state index in [4.69, 9.17) is 4.74 Å². The molecule has 1 aliphatic heterocycles. The van der Waals surface area contributed by atoms with Crippen LogP contribution in [-0.2, 0) is 6.54 Å². The summed E-state index contributed by atoms with van der Waals surface area (Å²) in [4.78, 5) is 2.44. The van der Waals surface area contributed by atoms with Crippen LogP contribution in [0, 0.1) is 0 Å². The van der Waals surface area contributed by atoms with Gasteiger partial charge in [0.25, 0.3) is 0 Å². The summed E-state index contributed by atoms with van der Waals surface area (Å²) in [5, 5.41) is 0. The van der Waals surface area contributed by atoms with E-state index in [9.17, 15) is 0 Å². The molecule has 2 aromatic carbocycles. The van der Waals surface area contributed by atoms with Gasteiger partial charge in [-0.3, -0.25) is 4.90 Å². The second kappa shape index (κ2) is 6.40. The molecule has 3 rings (SSSR count). The molecule has 2 heteroatoms. The lowest BCUT2D eigenvalue weighted by Gasteiger charge is -2.26. The van der Waals surface area contributed by atoms with Gasteiger partial charge in [0.05, 0.1) is 0 Å². The number of rotatable bonds is 4. The maximum absolute atomic E-state index is 5.89. The SMILES string of the molecule is C1=C(Oc2ccccc2)CCN(Cc2ccccc2)C1.